The number of hydrogen-bond donors (Lipinski definition) is 5. The maximum atomic E-state index is 11.1. The summed E-state index contributed by atoms with van der Waals surface area (Å²) in [6.07, 6.45) is 4.36. The molecule has 0 saturated heterocycles. The second-order valence-corrected chi connectivity index (χ2v) is 10.8. The molecule has 0 radical (unpaired) electrons. The Kier molecular flexibility index (Phi) is 70.3. The third kappa shape index (κ3) is 100. The summed E-state index contributed by atoms with van der Waals surface area (Å²) in [5, 5.41) is 40.4. The number of carbonyl (C=O) groups excluding carboxylic acids is 6. The first kappa shape index (κ1) is 65.2. The van der Waals surface area contributed by atoms with Gasteiger partial charge < -0.3 is 63.4 Å². The fourth-order valence-corrected chi connectivity index (χ4v) is 2.46. The third-order valence-electron chi connectivity index (χ3n) is 5.51. The van der Waals surface area contributed by atoms with Crippen molar-refractivity contribution in [3.8, 4) is 0 Å². The number of carboxylic acid groups (broad SMARTS) is 2. The van der Waals surface area contributed by atoms with Gasteiger partial charge in [-0.25, -0.2) is 0 Å². The minimum atomic E-state index is -1.08. The Hall–Kier alpha value is -3.71. The van der Waals surface area contributed by atoms with E-state index in [-0.39, 0.29) is 137 Å². The largest absolute Gasteiger partial charge is 0.481 e. The number of carboxylic acids is 2. The zero-order valence-corrected chi connectivity index (χ0v) is 33.8. The van der Waals surface area contributed by atoms with Crippen LogP contribution in [0.4, 0.5) is 0 Å². The van der Waals surface area contributed by atoms with Gasteiger partial charge in [0.05, 0.1) is 51.9 Å². The summed E-state index contributed by atoms with van der Waals surface area (Å²) in [6, 6.07) is 0. The molecule has 57 heavy (non-hydrogen) atoms. The molecule has 0 aromatic rings. The molecule has 0 aliphatic rings. The van der Waals surface area contributed by atoms with Crippen molar-refractivity contribution in [2.24, 2.45) is 0 Å². The van der Waals surface area contributed by atoms with Gasteiger partial charge in [0.15, 0.2) is 0 Å². The Morgan fingerprint density at radius 1 is 0.456 bits per heavy atom. The summed E-state index contributed by atoms with van der Waals surface area (Å²) in [4.78, 5) is 84.2. The van der Waals surface area contributed by atoms with Gasteiger partial charge >= 0.3 is 29.8 Å². The van der Waals surface area contributed by atoms with E-state index >= 15 is 0 Å². The molecule has 0 fully saturated rings. The first-order valence-corrected chi connectivity index (χ1v) is 17.8. The van der Waals surface area contributed by atoms with Crippen molar-refractivity contribution in [3.63, 3.8) is 0 Å². The van der Waals surface area contributed by atoms with Gasteiger partial charge in [0.25, 0.3) is 14.9 Å². The highest BCUT2D eigenvalue weighted by Gasteiger charge is 2.07. The SMILES string of the molecule is C.C.CC(=O)CCC(=O)OCCCCO.CC(=O)CCC(=O)OCCCCOC(=O)CCC(C)=O.O=C(O)CCC(=O)O.OCCCCO.[2H]B(C)OC.[2H]B(C)OC. The fourth-order valence-electron chi connectivity index (χ4n) is 2.46. The molecule has 0 heterocycles. The molecule has 0 aliphatic carbocycles. The lowest BCUT2D eigenvalue weighted by Crippen LogP contribution is -2.10. The number of ketones is 3. The second-order valence-electron chi connectivity index (χ2n) is 10.8. The van der Waals surface area contributed by atoms with Gasteiger partial charge in [-0.15, -0.1) is 0 Å². The summed E-state index contributed by atoms with van der Waals surface area (Å²) in [5.41, 5.74) is 0. The standard InChI is InChI=1S/C14H22O6.C9H16O4.C4H6O4.C4H10O2.2C2H7BO.2CH4/c1-11(15)5-7-13(17)19-9-3-4-10-20-14(18)8-6-12(2)16;1-8(11)4-5-9(12)13-7-3-2-6-10;5-3(6)1-2-4(7)8;5-3-1-2-4-6;2*1-3-4-2;;/h3-10H2,1-2H3;10H,2-7H2,1H3;1-2H2,(H,5,6)(H,7,8);5-6H,1-4H2;2*3H,1-2H3;2*1H4/i;;;;2*3D;;. The lowest BCUT2D eigenvalue weighted by Gasteiger charge is -2.05. The number of aliphatic hydroxyl groups excluding tert-OH is 3. The predicted octanol–water partition coefficient (Wildman–Crippen LogP) is 3.29. The van der Waals surface area contributed by atoms with E-state index in [2.05, 4.69) is 9.31 Å². The van der Waals surface area contributed by atoms with Crippen LogP contribution in [0.2, 0.25) is 13.6 Å². The number of unbranched alkanes of at least 4 members (excludes halogenated alkanes) is 3. The number of carbonyl (C=O) groups is 8. The minimum Gasteiger partial charge on any atom is -0.481 e. The van der Waals surface area contributed by atoms with Crippen molar-refractivity contribution in [3.05, 3.63) is 0 Å². The van der Waals surface area contributed by atoms with Crippen molar-refractivity contribution in [2.45, 2.75) is 139 Å². The molecule has 0 aliphatic heterocycles. The van der Waals surface area contributed by atoms with Crippen LogP contribution in [0.15, 0.2) is 0 Å². The number of aliphatic carboxylic acids is 2. The van der Waals surface area contributed by atoms with Crippen LogP contribution in [0.1, 0.15) is 126 Å². The molecule has 20 heteroatoms. The summed E-state index contributed by atoms with van der Waals surface area (Å²) >= 11 is 0. The van der Waals surface area contributed by atoms with E-state index in [1.165, 1.54) is 35.0 Å². The van der Waals surface area contributed by atoms with Crippen LogP contribution in [-0.2, 0) is 61.9 Å². The highest BCUT2D eigenvalue weighted by Crippen LogP contribution is 2.00. The normalized spacial score (nSPS) is 9.23. The molecule has 0 aromatic heterocycles. The zero-order chi connectivity index (χ0) is 45.5. The van der Waals surface area contributed by atoms with Crippen molar-refractivity contribution >= 4 is 62.1 Å². The molecule has 0 spiro atoms. The van der Waals surface area contributed by atoms with Crippen molar-refractivity contribution in [1.82, 2.24) is 0 Å². The number of ether oxygens (including phenoxy) is 3. The summed E-state index contributed by atoms with van der Waals surface area (Å²) in [6.45, 7) is 8.97. The lowest BCUT2D eigenvalue weighted by atomic mass is 10.1. The maximum absolute atomic E-state index is 11.1. The monoisotopic (exact) mass is 833 g/mol. The van der Waals surface area contributed by atoms with Crippen LogP contribution >= 0.6 is 0 Å². The molecule has 0 atom stereocenters. The highest BCUT2D eigenvalue weighted by molar-refractivity contribution is 6.24. The van der Waals surface area contributed by atoms with Crippen molar-refractivity contribution in [2.75, 3.05) is 53.9 Å². The van der Waals surface area contributed by atoms with E-state index in [4.69, 9.17) is 42.4 Å². The molecule has 0 bridgehead atoms. The van der Waals surface area contributed by atoms with Crippen molar-refractivity contribution in [1.29, 1.82) is 2.67 Å². The molecule has 0 unspecified atom stereocenters. The van der Waals surface area contributed by atoms with E-state index in [9.17, 15) is 38.4 Å². The smallest absolute Gasteiger partial charge is 0.306 e. The Morgan fingerprint density at radius 3 is 0.842 bits per heavy atom. The predicted molar refractivity (Wildman–Crippen MR) is 220 cm³/mol. The molecule has 338 valence electrons. The van der Waals surface area contributed by atoms with E-state index in [0.717, 1.165) is 12.8 Å². The van der Waals surface area contributed by atoms with E-state index in [1.54, 1.807) is 13.6 Å². The van der Waals surface area contributed by atoms with E-state index in [1.807, 2.05) is 0 Å². The zero-order valence-electron chi connectivity index (χ0n) is 35.8. The van der Waals surface area contributed by atoms with Crippen LogP contribution < -0.4 is 0 Å². The van der Waals surface area contributed by atoms with Crippen LogP contribution in [0.25, 0.3) is 0 Å². The second kappa shape index (κ2) is 61.5. The van der Waals surface area contributed by atoms with Gasteiger partial charge in [-0.3, -0.25) is 24.0 Å². The average molecular weight is 833 g/mol. The van der Waals surface area contributed by atoms with Gasteiger partial charge in [-0.05, 0) is 59.3 Å². The van der Waals surface area contributed by atoms with Gasteiger partial charge in [-0.2, -0.15) is 0 Å². The number of hydrogen-bond acceptors (Lipinski definition) is 16. The van der Waals surface area contributed by atoms with Gasteiger partial charge in [0, 0.05) is 56.0 Å². The summed E-state index contributed by atoms with van der Waals surface area (Å²) < 4.78 is 36.6. The van der Waals surface area contributed by atoms with E-state index in [0.29, 0.717) is 32.3 Å². The Bertz CT molecular complexity index is 975. The quantitative estimate of drug-likeness (QED) is 0.0362. The minimum absolute atomic E-state index is 0. The lowest BCUT2D eigenvalue weighted by molar-refractivity contribution is -0.146. The molecule has 0 amide bonds. The van der Waals surface area contributed by atoms with Crippen LogP contribution in [-0.4, -0.2) is 144 Å². The van der Waals surface area contributed by atoms with Crippen LogP contribution in [0.3, 0.4) is 0 Å². The average Bonchev–Trinajstić information content (AvgIpc) is 3.14. The highest BCUT2D eigenvalue weighted by atomic mass is 16.5. The number of aliphatic hydroxyl groups is 3. The molecular formula is C37H76B2O18. The first-order valence-electron chi connectivity index (χ1n) is 18.9. The molecule has 0 aromatic carbocycles. The Balaban J connectivity index is -0.0000000959. The first-order chi connectivity index (χ1) is 26.7. The third-order valence-corrected chi connectivity index (χ3v) is 5.51. The Morgan fingerprint density at radius 2 is 0.667 bits per heavy atom. The number of Topliss-reactive ketones (excluding diaryl/α,β-unsaturated/α-hetero) is 3. The molecule has 18 nitrogen and oxygen atoms in total. The van der Waals surface area contributed by atoms with Gasteiger partial charge in [-0.1, -0.05) is 28.5 Å². The number of esters is 3. The summed E-state index contributed by atoms with van der Waals surface area (Å²) in [7, 11) is 2.29. The molecule has 5 N–H and O–H groups in total. The van der Waals surface area contributed by atoms with Gasteiger partial charge in [0.2, 0.25) is 0 Å². The van der Waals surface area contributed by atoms with E-state index < -0.39 is 23.9 Å². The number of rotatable bonds is 26. The summed E-state index contributed by atoms with van der Waals surface area (Å²) in [5.74, 6) is -3.36. The Labute approximate surface area is 345 Å². The van der Waals surface area contributed by atoms with Crippen molar-refractivity contribution < 1.29 is 87.4 Å². The van der Waals surface area contributed by atoms with Crippen LogP contribution in [0.5, 0.6) is 0 Å². The van der Waals surface area contributed by atoms with Crippen LogP contribution in [0, 0.1) is 0 Å². The van der Waals surface area contributed by atoms with Gasteiger partial charge in [0.1, 0.15) is 17.3 Å². The molecular weight excluding hydrogens is 754 g/mol. The topological polar surface area (TPSA) is 284 Å². The molecule has 0 saturated carbocycles. The maximum Gasteiger partial charge on any atom is 0.306 e. The fraction of sp³-hybridized carbons (Fsp3) is 0.784. The molecule has 0 rings (SSSR count).